The molecule has 226 valence electrons. The second kappa shape index (κ2) is 9.38. The fraction of sp³-hybridized carbons (Fsp3) is 0.0698. The summed E-state index contributed by atoms with van der Waals surface area (Å²) in [7, 11) is 0. The molecule has 0 fully saturated rings. The van der Waals surface area contributed by atoms with Gasteiger partial charge >= 0.3 is 0 Å². The summed E-state index contributed by atoms with van der Waals surface area (Å²) in [4.78, 5) is 11.0. The largest absolute Gasteiger partial charge is 0.276 e. The van der Waals surface area contributed by atoms with E-state index in [4.69, 9.17) is 9.97 Å². The molecule has 1 aliphatic rings. The van der Waals surface area contributed by atoms with E-state index in [-0.39, 0.29) is 5.41 Å². The molecule has 0 saturated carbocycles. The molecule has 3 nitrogen and oxygen atoms in total. The van der Waals surface area contributed by atoms with E-state index < -0.39 is 0 Å². The Morgan fingerprint density at radius 1 is 0.583 bits per heavy atom. The number of fused-ring (bicyclic) bond motifs is 13. The Morgan fingerprint density at radius 2 is 1.33 bits per heavy atom. The number of benzene rings is 6. The second-order valence-electron chi connectivity index (χ2n) is 13.4. The van der Waals surface area contributed by atoms with Crippen LogP contribution in [0.1, 0.15) is 25.0 Å². The van der Waals surface area contributed by atoms with Gasteiger partial charge in [-0.25, -0.2) is 9.97 Å². The van der Waals surface area contributed by atoms with E-state index in [9.17, 15) is 0 Å². The first-order valence-corrected chi connectivity index (χ1v) is 18.0. The van der Waals surface area contributed by atoms with Crippen LogP contribution in [0.2, 0.25) is 0 Å². The molecule has 0 bridgehead atoms. The number of nitrogens with zero attached hydrogens (tertiary/aromatic N) is 3. The molecule has 5 heteroatoms. The average Bonchev–Trinajstić information content (AvgIpc) is 3.83. The molecule has 0 N–H and O–H groups in total. The van der Waals surface area contributed by atoms with Crippen molar-refractivity contribution >= 4 is 85.0 Å². The van der Waals surface area contributed by atoms with Crippen LogP contribution in [0.15, 0.2) is 127 Å². The van der Waals surface area contributed by atoms with Gasteiger partial charge in [-0.05, 0) is 57.3 Å². The van der Waals surface area contributed by atoms with Crippen molar-refractivity contribution in [2.75, 3.05) is 0 Å². The molecule has 0 spiro atoms. The number of thiophene rings is 2. The summed E-state index contributed by atoms with van der Waals surface area (Å²) in [6.45, 7) is 4.69. The summed E-state index contributed by atoms with van der Waals surface area (Å²) in [6, 6.07) is 46.3. The molecule has 10 aromatic rings. The minimum Gasteiger partial charge on any atom is -0.276 e. The van der Waals surface area contributed by atoms with Crippen molar-refractivity contribution in [2.45, 2.75) is 19.3 Å². The van der Waals surface area contributed by atoms with Gasteiger partial charge in [0.15, 0.2) is 0 Å². The highest BCUT2D eigenvalue weighted by atomic mass is 32.1. The van der Waals surface area contributed by atoms with Gasteiger partial charge in [0, 0.05) is 31.8 Å². The van der Waals surface area contributed by atoms with E-state index in [1.165, 1.54) is 68.1 Å². The second-order valence-corrected chi connectivity index (χ2v) is 15.4. The lowest BCUT2D eigenvalue weighted by molar-refractivity contribution is 0.660. The SMILES string of the molecule is CC1(C)c2ccccc2-c2ccc(-c3nc(-n4c5ccccc5c5sc6c7ccccc7sc6c54)nc4ccc5ccccc5c34)cc21. The van der Waals surface area contributed by atoms with Crippen LogP contribution in [0.3, 0.4) is 0 Å². The monoisotopic (exact) mass is 649 g/mol. The summed E-state index contributed by atoms with van der Waals surface area (Å²) in [5.74, 6) is 0.708. The van der Waals surface area contributed by atoms with E-state index in [1.807, 2.05) is 22.7 Å². The van der Waals surface area contributed by atoms with Crippen LogP contribution in [0.5, 0.6) is 0 Å². The minimum absolute atomic E-state index is 0.109. The first-order chi connectivity index (χ1) is 23.6. The zero-order valence-electron chi connectivity index (χ0n) is 26.3. The molecule has 0 aliphatic heterocycles. The molecule has 4 aromatic heterocycles. The van der Waals surface area contributed by atoms with E-state index in [0.29, 0.717) is 5.95 Å². The van der Waals surface area contributed by atoms with Gasteiger partial charge in [-0.15, -0.1) is 22.7 Å². The Morgan fingerprint density at radius 3 is 2.25 bits per heavy atom. The molecule has 0 atom stereocenters. The standard InChI is InChI=1S/C43H27N3S2/c1-43(2)31-16-8-5-13-27(31)28-21-19-25(23-32(28)43)37-36-26-12-4-3-11-24(26)20-22-33(36)44-42(45-37)46-34-17-9-6-14-29(34)39-38(46)41-40(48-39)30-15-7-10-18-35(30)47-41/h3-23H,1-2H3. The fourth-order valence-corrected chi connectivity index (χ4v) is 10.9. The molecule has 6 aromatic carbocycles. The molecule has 0 unspecified atom stereocenters. The van der Waals surface area contributed by atoms with Crippen LogP contribution >= 0.6 is 22.7 Å². The third-order valence-electron chi connectivity index (χ3n) is 10.4. The first-order valence-electron chi connectivity index (χ1n) is 16.3. The average molecular weight is 650 g/mol. The maximum Gasteiger partial charge on any atom is 0.235 e. The summed E-state index contributed by atoms with van der Waals surface area (Å²) in [6.07, 6.45) is 0. The van der Waals surface area contributed by atoms with Gasteiger partial charge in [0.05, 0.1) is 36.3 Å². The zero-order chi connectivity index (χ0) is 31.7. The van der Waals surface area contributed by atoms with E-state index in [0.717, 1.165) is 27.7 Å². The normalized spacial score (nSPS) is 13.8. The summed E-state index contributed by atoms with van der Waals surface area (Å²) >= 11 is 3.76. The van der Waals surface area contributed by atoms with Crippen LogP contribution in [0.4, 0.5) is 0 Å². The highest BCUT2D eigenvalue weighted by Gasteiger charge is 2.35. The Balaban J connectivity index is 1.26. The number of para-hydroxylation sites is 1. The molecule has 11 rings (SSSR count). The Hall–Kier alpha value is -5.36. The summed E-state index contributed by atoms with van der Waals surface area (Å²) in [5, 5.41) is 6.02. The maximum atomic E-state index is 5.59. The Labute approximate surface area is 284 Å². The van der Waals surface area contributed by atoms with E-state index in [2.05, 4.69) is 146 Å². The third kappa shape index (κ3) is 3.42. The quantitative estimate of drug-likeness (QED) is 0.175. The topological polar surface area (TPSA) is 30.7 Å². The predicted molar refractivity (Wildman–Crippen MR) is 205 cm³/mol. The van der Waals surface area contributed by atoms with Crippen LogP contribution in [-0.2, 0) is 5.41 Å². The summed E-state index contributed by atoms with van der Waals surface area (Å²) < 4.78 is 7.56. The first kappa shape index (κ1) is 26.7. The third-order valence-corrected chi connectivity index (χ3v) is 13.0. The van der Waals surface area contributed by atoms with Crippen LogP contribution in [-0.4, -0.2) is 14.5 Å². The lowest BCUT2D eigenvalue weighted by Gasteiger charge is -2.22. The van der Waals surface area contributed by atoms with Gasteiger partial charge in [-0.3, -0.25) is 4.57 Å². The van der Waals surface area contributed by atoms with Crippen molar-refractivity contribution in [3.63, 3.8) is 0 Å². The number of aromatic nitrogens is 3. The molecule has 48 heavy (non-hydrogen) atoms. The zero-order valence-corrected chi connectivity index (χ0v) is 27.9. The van der Waals surface area contributed by atoms with Crippen molar-refractivity contribution in [1.29, 1.82) is 0 Å². The molecule has 0 amide bonds. The highest BCUT2D eigenvalue weighted by Crippen LogP contribution is 2.51. The van der Waals surface area contributed by atoms with E-state index >= 15 is 0 Å². The summed E-state index contributed by atoms with van der Waals surface area (Å²) in [5.41, 5.74) is 10.6. The highest BCUT2D eigenvalue weighted by molar-refractivity contribution is 7.37. The molecule has 0 radical (unpaired) electrons. The molecule has 4 heterocycles. The molecule has 1 aliphatic carbocycles. The number of hydrogen-bond donors (Lipinski definition) is 0. The number of hydrogen-bond acceptors (Lipinski definition) is 4. The Bertz CT molecular complexity index is 2990. The van der Waals surface area contributed by atoms with Crippen LogP contribution in [0.25, 0.3) is 90.6 Å². The fourth-order valence-electron chi connectivity index (χ4n) is 8.16. The lowest BCUT2D eigenvalue weighted by atomic mass is 9.81. The van der Waals surface area contributed by atoms with Crippen molar-refractivity contribution in [2.24, 2.45) is 0 Å². The van der Waals surface area contributed by atoms with Crippen molar-refractivity contribution in [1.82, 2.24) is 14.5 Å². The van der Waals surface area contributed by atoms with Gasteiger partial charge in [-0.1, -0.05) is 117 Å². The van der Waals surface area contributed by atoms with Crippen molar-refractivity contribution in [3.05, 3.63) is 139 Å². The smallest absolute Gasteiger partial charge is 0.235 e. The lowest BCUT2D eigenvalue weighted by Crippen LogP contribution is -2.15. The van der Waals surface area contributed by atoms with Crippen molar-refractivity contribution in [3.8, 4) is 28.3 Å². The van der Waals surface area contributed by atoms with Gasteiger partial charge < -0.3 is 0 Å². The molecule has 0 saturated heterocycles. The van der Waals surface area contributed by atoms with Gasteiger partial charge in [0.2, 0.25) is 5.95 Å². The van der Waals surface area contributed by atoms with Gasteiger partial charge in [0.25, 0.3) is 0 Å². The molecular weight excluding hydrogens is 623 g/mol. The van der Waals surface area contributed by atoms with Gasteiger partial charge in [-0.2, -0.15) is 0 Å². The predicted octanol–water partition coefficient (Wildman–Crippen LogP) is 12.3. The number of rotatable bonds is 2. The Kier molecular flexibility index (Phi) is 5.21. The minimum atomic E-state index is -0.109. The maximum absolute atomic E-state index is 5.59. The van der Waals surface area contributed by atoms with Gasteiger partial charge in [0.1, 0.15) is 0 Å². The molecular formula is C43H27N3S2. The van der Waals surface area contributed by atoms with Crippen molar-refractivity contribution < 1.29 is 0 Å². The van der Waals surface area contributed by atoms with Crippen LogP contribution < -0.4 is 0 Å². The van der Waals surface area contributed by atoms with E-state index in [1.54, 1.807) is 0 Å². The van der Waals surface area contributed by atoms with Crippen LogP contribution in [0, 0.1) is 0 Å².